The predicted octanol–water partition coefficient (Wildman–Crippen LogP) is 3.08. The number of carbonyl (C=O) groups is 2. The van der Waals surface area contributed by atoms with Gasteiger partial charge in [-0.3, -0.25) is 9.59 Å². The van der Waals surface area contributed by atoms with Crippen molar-refractivity contribution >= 4 is 28.3 Å². The lowest BCUT2D eigenvalue weighted by molar-refractivity contribution is -0.156. The molecule has 3 aliphatic heterocycles. The third kappa shape index (κ3) is 2.28. The standard InChI is InChI=1S/C22H21NO4/c1-13(2)26-21(25)18-17-10-11-22(27-17)12-23(20(24)19(18)22)16-9-5-7-14-6-3-4-8-15(14)16/h3-11,13,17-19H,12H2,1-2H3/t17-,18+,19-,22+/m0/s1. The SMILES string of the molecule is CC(C)OC(=O)[C@@H]1[C@@H]2C=C[C@]3(CN(c4cccc5ccccc45)C(=O)[C@H]13)O2. The third-order valence-electron chi connectivity index (χ3n) is 5.78. The topological polar surface area (TPSA) is 55.8 Å². The molecule has 5 heteroatoms. The maximum atomic E-state index is 13.4. The summed E-state index contributed by atoms with van der Waals surface area (Å²) in [6, 6.07) is 13.9. The Balaban J connectivity index is 1.55. The van der Waals surface area contributed by atoms with Crippen LogP contribution in [-0.4, -0.2) is 36.2 Å². The fourth-order valence-electron chi connectivity index (χ4n) is 4.73. The Labute approximate surface area is 157 Å². The summed E-state index contributed by atoms with van der Waals surface area (Å²) < 4.78 is 11.6. The van der Waals surface area contributed by atoms with Gasteiger partial charge in [0.25, 0.3) is 0 Å². The highest BCUT2D eigenvalue weighted by molar-refractivity contribution is 6.08. The van der Waals surface area contributed by atoms with Gasteiger partial charge in [0.1, 0.15) is 11.5 Å². The molecule has 2 saturated heterocycles. The van der Waals surface area contributed by atoms with Crippen LogP contribution in [0.3, 0.4) is 0 Å². The zero-order chi connectivity index (χ0) is 18.8. The number of hydrogen-bond donors (Lipinski definition) is 0. The maximum Gasteiger partial charge on any atom is 0.313 e. The zero-order valence-electron chi connectivity index (χ0n) is 15.3. The first-order chi connectivity index (χ1) is 13.0. The molecule has 3 aliphatic rings. The molecule has 0 N–H and O–H groups in total. The summed E-state index contributed by atoms with van der Waals surface area (Å²) in [4.78, 5) is 27.9. The number of anilines is 1. The molecule has 27 heavy (non-hydrogen) atoms. The maximum absolute atomic E-state index is 13.4. The Bertz CT molecular complexity index is 976. The minimum Gasteiger partial charge on any atom is -0.463 e. The molecule has 2 bridgehead atoms. The molecule has 5 nitrogen and oxygen atoms in total. The van der Waals surface area contributed by atoms with Crippen molar-refractivity contribution in [3.8, 4) is 0 Å². The van der Waals surface area contributed by atoms with Crippen LogP contribution in [-0.2, 0) is 19.1 Å². The van der Waals surface area contributed by atoms with Gasteiger partial charge in [-0.05, 0) is 25.3 Å². The first-order valence-corrected chi connectivity index (χ1v) is 9.37. The number of hydrogen-bond acceptors (Lipinski definition) is 4. The second-order valence-corrected chi connectivity index (χ2v) is 7.81. The van der Waals surface area contributed by atoms with Gasteiger partial charge >= 0.3 is 5.97 Å². The lowest BCUT2D eigenvalue weighted by Crippen LogP contribution is -2.40. The highest BCUT2D eigenvalue weighted by Crippen LogP contribution is 2.53. The molecular weight excluding hydrogens is 342 g/mol. The van der Waals surface area contributed by atoms with Crippen LogP contribution in [0.25, 0.3) is 10.8 Å². The highest BCUT2D eigenvalue weighted by Gasteiger charge is 2.67. The molecule has 0 saturated carbocycles. The Hall–Kier alpha value is -2.66. The summed E-state index contributed by atoms with van der Waals surface area (Å²) in [6.07, 6.45) is 3.27. The van der Waals surface area contributed by atoms with Gasteiger partial charge in [-0.15, -0.1) is 0 Å². The van der Waals surface area contributed by atoms with E-state index in [9.17, 15) is 9.59 Å². The largest absolute Gasteiger partial charge is 0.463 e. The fraction of sp³-hybridized carbons (Fsp3) is 0.364. The monoisotopic (exact) mass is 363 g/mol. The summed E-state index contributed by atoms with van der Waals surface area (Å²) in [7, 11) is 0. The second kappa shape index (κ2) is 5.67. The van der Waals surface area contributed by atoms with Gasteiger partial charge in [0.2, 0.25) is 5.91 Å². The Morgan fingerprint density at radius 2 is 2.00 bits per heavy atom. The van der Waals surface area contributed by atoms with Crippen molar-refractivity contribution in [2.24, 2.45) is 11.8 Å². The predicted molar refractivity (Wildman–Crippen MR) is 101 cm³/mol. The first kappa shape index (κ1) is 16.5. The van der Waals surface area contributed by atoms with Gasteiger partial charge in [-0.25, -0.2) is 0 Å². The van der Waals surface area contributed by atoms with E-state index in [1.807, 2.05) is 68.5 Å². The molecule has 0 unspecified atom stereocenters. The van der Waals surface area contributed by atoms with Crippen molar-refractivity contribution in [1.82, 2.24) is 0 Å². The molecule has 5 rings (SSSR count). The van der Waals surface area contributed by atoms with Crippen molar-refractivity contribution < 1.29 is 19.1 Å². The summed E-state index contributed by atoms with van der Waals surface area (Å²) in [6.45, 7) is 4.05. The van der Waals surface area contributed by atoms with Gasteiger partial charge in [-0.2, -0.15) is 0 Å². The van der Waals surface area contributed by atoms with Gasteiger partial charge in [-0.1, -0.05) is 48.6 Å². The molecule has 2 aromatic carbocycles. The van der Waals surface area contributed by atoms with E-state index in [4.69, 9.17) is 9.47 Å². The van der Waals surface area contributed by atoms with Gasteiger partial charge in [0.15, 0.2) is 0 Å². The average molecular weight is 363 g/mol. The van der Waals surface area contributed by atoms with Crippen LogP contribution in [0.4, 0.5) is 5.69 Å². The molecular formula is C22H21NO4. The van der Waals surface area contributed by atoms with Crippen LogP contribution in [0.2, 0.25) is 0 Å². The molecule has 1 spiro atoms. The Kier molecular flexibility index (Phi) is 3.46. The minimum atomic E-state index is -0.737. The van der Waals surface area contributed by atoms with Crippen LogP contribution in [0.5, 0.6) is 0 Å². The molecule has 0 aliphatic carbocycles. The van der Waals surface area contributed by atoms with E-state index in [-0.39, 0.29) is 24.1 Å². The lowest BCUT2D eigenvalue weighted by Gasteiger charge is -2.23. The normalized spacial score (nSPS) is 31.1. The number of nitrogens with zero attached hydrogens (tertiary/aromatic N) is 1. The van der Waals surface area contributed by atoms with Crippen molar-refractivity contribution in [2.45, 2.75) is 31.7 Å². The molecule has 2 fully saturated rings. The van der Waals surface area contributed by atoms with Gasteiger partial charge in [0, 0.05) is 5.39 Å². The quantitative estimate of drug-likeness (QED) is 0.621. The number of carbonyl (C=O) groups excluding carboxylic acids is 2. The van der Waals surface area contributed by atoms with E-state index < -0.39 is 17.4 Å². The summed E-state index contributed by atoms with van der Waals surface area (Å²) in [5.41, 5.74) is 0.123. The fourth-order valence-corrected chi connectivity index (χ4v) is 4.73. The molecule has 2 aromatic rings. The van der Waals surface area contributed by atoms with E-state index in [1.165, 1.54) is 0 Å². The molecule has 0 aromatic heterocycles. The van der Waals surface area contributed by atoms with E-state index in [2.05, 4.69) is 0 Å². The molecule has 1 amide bonds. The summed E-state index contributed by atoms with van der Waals surface area (Å²) in [5, 5.41) is 2.10. The van der Waals surface area contributed by atoms with Crippen LogP contribution < -0.4 is 4.90 Å². The van der Waals surface area contributed by atoms with Gasteiger partial charge < -0.3 is 14.4 Å². The molecule has 4 atom stereocenters. The van der Waals surface area contributed by atoms with Crippen LogP contribution in [0.1, 0.15) is 13.8 Å². The average Bonchev–Trinajstić information content (AvgIpc) is 3.29. The number of ether oxygens (including phenoxy) is 2. The molecule has 3 heterocycles. The number of benzene rings is 2. The number of fused-ring (bicyclic) bond motifs is 2. The van der Waals surface area contributed by atoms with Crippen LogP contribution >= 0.6 is 0 Å². The van der Waals surface area contributed by atoms with E-state index in [0.29, 0.717) is 6.54 Å². The minimum absolute atomic E-state index is 0.0658. The van der Waals surface area contributed by atoms with Crippen LogP contribution in [0, 0.1) is 11.8 Å². The van der Waals surface area contributed by atoms with E-state index >= 15 is 0 Å². The van der Waals surface area contributed by atoms with Crippen molar-refractivity contribution in [3.05, 3.63) is 54.6 Å². The van der Waals surface area contributed by atoms with E-state index in [1.54, 1.807) is 4.90 Å². The zero-order valence-corrected chi connectivity index (χ0v) is 15.3. The Morgan fingerprint density at radius 1 is 1.22 bits per heavy atom. The lowest BCUT2D eigenvalue weighted by atomic mass is 9.77. The Morgan fingerprint density at radius 3 is 2.81 bits per heavy atom. The number of esters is 1. The second-order valence-electron chi connectivity index (χ2n) is 7.81. The van der Waals surface area contributed by atoms with Gasteiger partial charge in [0.05, 0.1) is 30.4 Å². The molecule has 0 radical (unpaired) electrons. The third-order valence-corrected chi connectivity index (χ3v) is 5.78. The highest BCUT2D eigenvalue weighted by atomic mass is 16.6. The summed E-state index contributed by atoms with van der Waals surface area (Å²) in [5.74, 6) is -1.52. The number of amides is 1. The van der Waals surface area contributed by atoms with Crippen molar-refractivity contribution in [3.63, 3.8) is 0 Å². The first-order valence-electron chi connectivity index (χ1n) is 9.37. The van der Waals surface area contributed by atoms with Crippen molar-refractivity contribution in [1.29, 1.82) is 0 Å². The molecule has 138 valence electrons. The van der Waals surface area contributed by atoms with Crippen LogP contribution in [0.15, 0.2) is 54.6 Å². The number of rotatable bonds is 3. The smallest absolute Gasteiger partial charge is 0.313 e. The summed E-state index contributed by atoms with van der Waals surface area (Å²) >= 11 is 0. The van der Waals surface area contributed by atoms with E-state index in [0.717, 1.165) is 16.5 Å². The van der Waals surface area contributed by atoms with Crippen molar-refractivity contribution in [2.75, 3.05) is 11.4 Å².